The normalized spacial score (nSPS) is 19.2. The highest BCUT2D eigenvalue weighted by Crippen LogP contribution is 2.13. The minimum Gasteiger partial charge on any atom is -0.370 e. The van der Waals surface area contributed by atoms with Gasteiger partial charge in [0.1, 0.15) is 18.0 Å². The first-order chi connectivity index (χ1) is 9.29. The summed E-state index contributed by atoms with van der Waals surface area (Å²) in [6.45, 7) is 5.19. The highest BCUT2D eigenvalue weighted by atomic mass is 15.2. The first-order valence-corrected chi connectivity index (χ1v) is 7.30. The van der Waals surface area contributed by atoms with Gasteiger partial charge in [-0.1, -0.05) is 6.42 Å². The Morgan fingerprint density at radius 3 is 3.05 bits per heavy atom. The van der Waals surface area contributed by atoms with Crippen LogP contribution in [0.3, 0.4) is 0 Å². The van der Waals surface area contributed by atoms with E-state index in [1.165, 1.54) is 25.8 Å². The van der Waals surface area contributed by atoms with Gasteiger partial charge in [0.05, 0.1) is 0 Å². The lowest BCUT2D eigenvalue weighted by Crippen LogP contribution is -2.35. The van der Waals surface area contributed by atoms with Crippen molar-refractivity contribution < 1.29 is 0 Å². The largest absolute Gasteiger partial charge is 0.370 e. The maximum Gasteiger partial charge on any atom is 0.133 e. The van der Waals surface area contributed by atoms with E-state index in [0.29, 0.717) is 6.04 Å². The summed E-state index contributed by atoms with van der Waals surface area (Å²) in [5.74, 6) is 1.89. The molecule has 1 saturated heterocycles. The van der Waals surface area contributed by atoms with Crippen LogP contribution in [0.4, 0.5) is 11.6 Å². The third-order valence-electron chi connectivity index (χ3n) is 3.73. The number of hydrogen-bond donors (Lipinski definition) is 2. The van der Waals surface area contributed by atoms with E-state index in [1.807, 2.05) is 13.1 Å². The molecule has 1 aliphatic rings. The van der Waals surface area contributed by atoms with Crippen molar-refractivity contribution in [2.24, 2.45) is 0 Å². The Labute approximate surface area is 115 Å². The molecule has 0 radical (unpaired) electrons. The zero-order valence-electron chi connectivity index (χ0n) is 12.0. The minimum absolute atomic E-state index is 0.667. The van der Waals surface area contributed by atoms with E-state index in [9.17, 15) is 0 Å². The molecule has 5 nitrogen and oxygen atoms in total. The van der Waals surface area contributed by atoms with E-state index >= 15 is 0 Å². The maximum atomic E-state index is 4.27. The van der Waals surface area contributed by atoms with Crippen molar-refractivity contribution in [2.75, 3.05) is 36.9 Å². The number of nitrogens with one attached hydrogen (secondary N) is 2. The summed E-state index contributed by atoms with van der Waals surface area (Å²) >= 11 is 0. The Kier molecular flexibility index (Phi) is 5.39. The lowest BCUT2D eigenvalue weighted by Gasteiger charge is -2.23. The molecule has 0 bridgehead atoms. The van der Waals surface area contributed by atoms with Crippen LogP contribution in [-0.2, 0) is 0 Å². The molecule has 0 amide bonds. The van der Waals surface area contributed by atoms with E-state index in [0.717, 1.165) is 31.1 Å². The molecule has 1 aliphatic heterocycles. The summed E-state index contributed by atoms with van der Waals surface area (Å²) in [7, 11) is 2.04. The number of piperidine rings is 1. The molecule has 0 spiro atoms. The second-order valence-electron chi connectivity index (χ2n) is 5.14. The van der Waals surface area contributed by atoms with Gasteiger partial charge in [-0.05, 0) is 32.7 Å². The SMILES string of the molecule is CCN(C)c1cc(NCCC2CCCCN2)ncn1. The molecule has 0 saturated carbocycles. The lowest BCUT2D eigenvalue weighted by atomic mass is 10.0. The molecular formula is C14H25N5. The Hall–Kier alpha value is -1.36. The second kappa shape index (κ2) is 7.28. The van der Waals surface area contributed by atoms with Gasteiger partial charge in [-0.15, -0.1) is 0 Å². The van der Waals surface area contributed by atoms with Crippen molar-refractivity contribution in [3.05, 3.63) is 12.4 Å². The molecule has 2 N–H and O–H groups in total. The van der Waals surface area contributed by atoms with Crippen molar-refractivity contribution in [1.82, 2.24) is 15.3 Å². The molecule has 1 atom stereocenters. The van der Waals surface area contributed by atoms with Crippen LogP contribution in [-0.4, -0.2) is 42.7 Å². The number of rotatable bonds is 6. The molecule has 106 valence electrons. The Balaban J connectivity index is 1.78. The lowest BCUT2D eigenvalue weighted by molar-refractivity contribution is 0.389. The first kappa shape index (κ1) is 14.1. The van der Waals surface area contributed by atoms with Crippen LogP contribution in [0.15, 0.2) is 12.4 Å². The molecule has 1 unspecified atom stereocenters. The zero-order chi connectivity index (χ0) is 13.5. The fourth-order valence-electron chi connectivity index (χ4n) is 2.36. The monoisotopic (exact) mass is 263 g/mol. The van der Waals surface area contributed by atoms with Gasteiger partial charge in [-0.25, -0.2) is 9.97 Å². The van der Waals surface area contributed by atoms with Crippen molar-refractivity contribution in [3.63, 3.8) is 0 Å². The molecule has 0 aromatic carbocycles. The van der Waals surface area contributed by atoms with E-state index in [-0.39, 0.29) is 0 Å². The summed E-state index contributed by atoms with van der Waals surface area (Å²) < 4.78 is 0. The van der Waals surface area contributed by atoms with Crippen molar-refractivity contribution >= 4 is 11.6 Å². The smallest absolute Gasteiger partial charge is 0.133 e. The Morgan fingerprint density at radius 2 is 2.32 bits per heavy atom. The van der Waals surface area contributed by atoms with Crippen LogP contribution < -0.4 is 15.5 Å². The van der Waals surface area contributed by atoms with Crippen molar-refractivity contribution in [1.29, 1.82) is 0 Å². The molecule has 1 fully saturated rings. The fraction of sp³-hybridized carbons (Fsp3) is 0.714. The summed E-state index contributed by atoms with van der Waals surface area (Å²) in [6.07, 6.45) is 6.76. The predicted octanol–water partition coefficient (Wildman–Crippen LogP) is 1.88. The van der Waals surface area contributed by atoms with E-state index in [2.05, 4.69) is 32.4 Å². The van der Waals surface area contributed by atoms with Crippen LogP contribution in [0, 0.1) is 0 Å². The van der Waals surface area contributed by atoms with Crippen LogP contribution in [0.5, 0.6) is 0 Å². The summed E-state index contributed by atoms with van der Waals surface area (Å²) in [5.41, 5.74) is 0. The molecule has 1 aromatic rings. The van der Waals surface area contributed by atoms with E-state index < -0.39 is 0 Å². The van der Waals surface area contributed by atoms with Crippen LogP contribution >= 0.6 is 0 Å². The average molecular weight is 263 g/mol. The molecule has 1 aromatic heterocycles. The number of anilines is 2. The molecule has 0 aliphatic carbocycles. The number of aromatic nitrogens is 2. The topological polar surface area (TPSA) is 53.1 Å². The second-order valence-corrected chi connectivity index (χ2v) is 5.14. The van der Waals surface area contributed by atoms with Gasteiger partial charge in [0.25, 0.3) is 0 Å². The standard InChI is InChI=1S/C14H25N5/c1-3-19(2)14-10-13(17-11-18-14)16-9-7-12-6-4-5-8-15-12/h10-12,15H,3-9H2,1-2H3,(H,16,17,18). The summed E-state index contributed by atoms with van der Waals surface area (Å²) in [5, 5.41) is 6.96. The highest BCUT2D eigenvalue weighted by molar-refractivity contribution is 5.47. The molecular weight excluding hydrogens is 238 g/mol. The maximum absolute atomic E-state index is 4.27. The third kappa shape index (κ3) is 4.35. The molecule has 2 rings (SSSR count). The van der Waals surface area contributed by atoms with E-state index in [1.54, 1.807) is 6.33 Å². The third-order valence-corrected chi connectivity index (χ3v) is 3.73. The van der Waals surface area contributed by atoms with Gasteiger partial charge in [-0.2, -0.15) is 0 Å². The van der Waals surface area contributed by atoms with Crippen LogP contribution in [0.25, 0.3) is 0 Å². The average Bonchev–Trinajstić information content (AvgIpc) is 2.48. The predicted molar refractivity (Wildman–Crippen MR) is 79.7 cm³/mol. The number of nitrogens with zero attached hydrogens (tertiary/aromatic N) is 3. The van der Waals surface area contributed by atoms with E-state index in [4.69, 9.17) is 0 Å². The summed E-state index contributed by atoms with van der Waals surface area (Å²) in [4.78, 5) is 10.6. The summed E-state index contributed by atoms with van der Waals surface area (Å²) in [6, 6.07) is 2.68. The molecule has 2 heterocycles. The van der Waals surface area contributed by atoms with Crippen LogP contribution in [0.1, 0.15) is 32.6 Å². The van der Waals surface area contributed by atoms with Gasteiger partial charge >= 0.3 is 0 Å². The first-order valence-electron chi connectivity index (χ1n) is 7.30. The zero-order valence-corrected chi connectivity index (χ0v) is 12.0. The van der Waals surface area contributed by atoms with Crippen LogP contribution in [0.2, 0.25) is 0 Å². The number of hydrogen-bond acceptors (Lipinski definition) is 5. The fourth-order valence-corrected chi connectivity index (χ4v) is 2.36. The molecule has 5 heteroatoms. The Morgan fingerprint density at radius 1 is 1.42 bits per heavy atom. The van der Waals surface area contributed by atoms with Crippen molar-refractivity contribution in [2.45, 2.75) is 38.6 Å². The van der Waals surface area contributed by atoms with Gasteiger partial charge < -0.3 is 15.5 Å². The van der Waals surface area contributed by atoms with Gasteiger partial charge in [0.15, 0.2) is 0 Å². The van der Waals surface area contributed by atoms with Gasteiger partial charge in [0.2, 0.25) is 0 Å². The van der Waals surface area contributed by atoms with Gasteiger partial charge in [-0.3, -0.25) is 0 Å². The van der Waals surface area contributed by atoms with Crippen molar-refractivity contribution in [3.8, 4) is 0 Å². The highest BCUT2D eigenvalue weighted by Gasteiger charge is 2.11. The Bertz CT molecular complexity index is 376. The van der Waals surface area contributed by atoms with Gasteiger partial charge in [0, 0.05) is 32.2 Å². The molecule has 19 heavy (non-hydrogen) atoms. The quantitative estimate of drug-likeness (QED) is 0.820. The minimum atomic E-state index is 0.667.